The molecule has 2 aromatic rings. The van der Waals surface area contributed by atoms with Gasteiger partial charge in [-0.1, -0.05) is 49.0 Å². The maximum absolute atomic E-state index is 13.4. The molecular weight excluding hydrogens is 422 g/mol. The summed E-state index contributed by atoms with van der Waals surface area (Å²) in [6.07, 6.45) is 3.53. The average molecular weight is 450 g/mol. The summed E-state index contributed by atoms with van der Waals surface area (Å²) in [6.45, 7) is 4.85. The fourth-order valence-electron chi connectivity index (χ4n) is 3.90. The number of rotatable bonds is 6. The Hall–Kier alpha value is -3.06. The van der Waals surface area contributed by atoms with Gasteiger partial charge in [0.05, 0.1) is 34.7 Å². The first kappa shape index (κ1) is 22.1. The Morgan fingerprint density at radius 2 is 1.94 bits per heavy atom. The fraction of sp³-hybridized carbons (Fsp3) is 0.320. The number of ether oxygens (including phenoxy) is 1. The van der Waals surface area contributed by atoms with E-state index in [1.165, 1.54) is 17.3 Å². The summed E-state index contributed by atoms with van der Waals surface area (Å²) in [6, 6.07) is 15.8. The summed E-state index contributed by atoms with van der Waals surface area (Å²) in [5, 5.41) is 3.73. The lowest BCUT2D eigenvalue weighted by atomic mass is 10.2. The predicted octanol–water partition coefficient (Wildman–Crippen LogP) is 5.08. The Kier molecular flexibility index (Phi) is 6.95. The van der Waals surface area contributed by atoms with Crippen molar-refractivity contribution in [1.29, 1.82) is 0 Å². The van der Waals surface area contributed by atoms with Crippen LogP contribution in [0.3, 0.4) is 0 Å². The molecule has 0 saturated carbocycles. The highest BCUT2D eigenvalue weighted by Crippen LogP contribution is 2.34. The molecule has 32 heavy (non-hydrogen) atoms. The van der Waals surface area contributed by atoms with E-state index >= 15 is 0 Å². The molecule has 0 bridgehead atoms. The third kappa shape index (κ3) is 4.88. The standard InChI is InChI=1S/C25H27N3O3S/c1-3-22(25(30)28-14-13-17-9-5-8-12-21(17)28)32-23-15-18(16-24(29)31-4-2)26-19-10-6-7-11-20(19)27-23/h5-12,15,22,26H,3-4,13-14,16H2,1-2H3/t22-/m0/s1. The minimum Gasteiger partial charge on any atom is -0.466 e. The number of aliphatic imine (C=N–C) groups is 1. The summed E-state index contributed by atoms with van der Waals surface area (Å²) < 4.78 is 5.12. The number of amides is 1. The molecule has 2 aliphatic heterocycles. The lowest BCUT2D eigenvalue weighted by Gasteiger charge is -2.23. The number of carbonyl (C=O) groups excluding carboxylic acids is 2. The number of nitrogens with one attached hydrogen (secondary N) is 1. The third-order valence-electron chi connectivity index (χ3n) is 5.43. The van der Waals surface area contributed by atoms with E-state index in [0.29, 0.717) is 30.3 Å². The van der Waals surface area contributed by atoms with Crippen LogP contribution in [0.5, 0.6) is 0 Å². The van der Waals surface area contributed by atoms with Crippen LogP contribution >= 0.6 is 11.8 Å². The van der Waals surface area contributed by atoms with E-state index in [4.69, 9.17) is 9.73 Å². The van der Waals surface area contributed by atoms with Gasteiger partial charge in [-0.25, -0.2) is 4.99 Å². The smallest absolute Gasteiger partial charge is 0.311 e. The highest BCUT2D eigenvalue weighted by atomic mass is 32.2. The number of para-hydroxylation sites is 3. The normalized spacial score (nSPS) is 15.5. The number of esters is 1. The van der Waals surface area contributed by atoms with Gasteiger partial charge in [-0.05, 0) is 49.6 Å². The van der Waals surface area contributed by atoms with Crippen molar-refractivity contribution in [3.8, 4) is 0 Å². The summed E-state index contributed by atoms with van der Waals surface area (Å²) in [7, 11) is 0. The van der Waals surface area contributed by atoms with Gasteiger partial charge in [-0.2, -0.15) is 0 Å². The molecule has 0 fully saturated rings. The van der Waals surface area contributed by atoms with E-state index < -0.39 is 0 Å². The van der Waals surface area contributed by atoms with Crippen LogP contribution in [0, 0.1) is 0 Å². The Bertz CT molecular complexity index is 1080. The lowest BCUT2D eigenvalue weighted by molar-refractivity contribution is -0.142. The maximum atomic E-state index is 13.4. The van der Waals surface area contributed by atoms with Crippen molar-refractivity contribution in [3.05, 3.63) is 65.9 Å². The number of hydrogen-bond acceptors (Lipinski definition) is 6. The molecule has 0 unspecified atom stereocenters. The summed E-state index contributed by atoms with van der Waals surface area (Å²) in [5.41, 5.74) is 4.52. The van der Waals surface area contributed by atoms with Crippen molar-refractivity contribution >= 4 is 45.7 Å². The molecule has 2 heterocycles. The first-order valence-electron chi connectivity index (χ1n) is 11.0. The molecule has 6 nitrogen and oxygen atoms in total. The number of anilines is 2. The van der Waals surface area contributed by atoms with Crippen LogP contribution in [-0.2, 0) is 20.7 Å². The van der Waals surface area contributed by atoms with Gasteiger partial charge in [-0.3, -0.25) is 9.59 Å². The zero-order chi connectivity index (χ0) is 22.5. The van der Waals surface area contributed by atoms with E-state index in [0.717, 1.165) is 23.5 Å². The number of fused-ring (bicyclic) bond motifs is 2. The highest BCUT2D eigenvalue weighted by molar-refractivity contribution is 8.15. The van der Waals surface area contributed by atoms with Gasteiger partial charge in [0.2, 0.25) is 5.91 Å². The molecule has 2 aromatic carbocycles. The van der Waals surface area contributed by atoms with Crippen molar-refractivity contribution in [1.82, 2.24) is 0 Å². The zero-order valence-corrected chi connectivity index (χ0v) is 19.2. The van der Waals surface area contributed by atoms with Gasteiger partial charge in [0.1, 0.15) is 0 Å². The Morgan fingerprint density at radius 3 is 2.75 bits per heavy atom. The number of nitrogens with zero attached hydrogens (tertiary/aromatic N) is 2. The van der Waals surface area contributed by atoms with Gasteiger partial charge >= 0.3 is 5.97 Å². The first-order chi connectivity index (χ1) is 15.6. The van der Waals surface area contributed by atoms with Gasteiger partial charge in [0.25, 0.3) is 0 Å². The maximum Gasteiger partial charge on any atom is 0.311 e. The van der Waals surface area contributed by atoms with Crippen LogP contribution in [-0.4, -0.2) is 35.3 Å². The molecule has 1 atom stereocenters. The molecule has 7 heteroatoms. The van der Waals surface area contributed by atoms with Gasteiger partial charge in [0, 0.05) is 17.9 Å². The molecule has 0 saturated heterocycles. The molecule has 166 valence electrons. The monoisotopic (exact) mass is 449 g/mol. The van der Waals surface area contributed by atoms with Gasteiger partial charge in [-0.15, -0.1) is 0 Å². The van der Waals surface area contributed by atoms with E-state index in [1.54, 1.807) is 6.92 Å². The fourth-order valence-corrected chi connectivity index (χ4v) is 4.95. The lowest BCUT2D eigenvalue weighted by Crippen LogP contribution is -2.36. The highest BCUT2D eigenvalue weighted by Gasteiger charge is 2.30. The van der Waals surface area contributed by atoms with Crippen molar-refractivity contribution in [2.24, 2.45) is 4.99 Å². The Balaban J connectivity index is 1.59. The molecule has 4 rings (SSSR count). The molecule has 0 spiro atoms. The largest absolute Gasteiger partial charge is 0.466 e. The van der Waals surface area contributed by atoms with Crippen molar-refractivity contribution in [2.75, 3.05) is 23.4 Å². The second-order valence-corrected chi connectivity index (χ2v) is 8.85. The van der Waals surface area contributed by atoms with Crippen LogP contribution in [0.4, 0.5) is 17.1 Å². The first-order valence-corrected chi connectivity index (χ1v) is 11.8. The zero-order valence-electron chi connectivity index (χ0n) is 18.3. The Labute approximate surface area is 192 Å². The molecule has 0 aliphatic carbocycles. The molecule has 2 aliphatic rings. The molecular formula is C25H27N3O3S. The molecule has 1 N–H and O–H groups in total. The average Bonchev–Trinajstić information content (AvgIpc) is 3.14. The number of thioether (sulfide) groups is 1. The quantitative estimate of drug-likeness (QED) is 0.623. The van der Waals surface area contributed by atoms with Crippen LogP contribution in [0.1, 0.15) is 32.3 Å². The third-order valence-corrected chi connectivity index (χ3v) is 6.70. The SMILES string of the molecule is CCOC(=O)CC1=CC(S[C@@H](CC)C(=O)N2CCc3ccccc32)=Nc2ccccc2N1. The van der Waals surface area contributed by atoms with Gasteiger partial charge in [0.15, 0.2) is 0 Å². The Morgan fingerprint density at radius 1 is 1.16 bits per heavy atom. The predicted molar refractivity (Wildman–Crippen MR) is 131 cm³/mol. The number of hydrogen-bond donors (Lipinski definition) is 1. The van der Waals surface area contributed by atoms with E-state index in [-0.39, 0.29) is 23.5 Å². The number of carbonyl (C=O) groups is 2. The van der Waals surface area contributed by atoms with Gasteiger partial charge < -0.3 is 15.0 Å². The van der Waals surface area contributed by atoms with Crippen molar-refractivity contribution < 1.29 is 14.3 Å². The molecule has 0 radical (unpaired) electrons. The van der Waals surface area contributed by atoms with E-state index in [9.17, 15) is 9.59 Å². The van der Waals surface area contributed by atoms with Crippen molar-refractivity contribution in [2.45, 2.75) is 38.4 Å². The minimum atomic E-state index is -0.299. The van der Waals surface area contributed by atoms with E-state index in [1.807, 2.05) is 60.4 Å². The van der Waals surface area contributed by atoms with Crippen LogP contribution in [0.25, 0.3) is 0 Å². The van der Waals surface area contributed by atoms with Crippen molar-refractivity contribution in [3.63, 3.8) is 0 Å². The second-order valence-electron chi connectivity index (χ2n) is 7.63. The van der Waals surface area contributed by atoms with Crippen LogP contribution < -0.4 is 10.2 Å². The summed E-state index contributed by atoms with van der Waals surface area (Å²) in [5.74, 6) is -0.206. The van der Waals surface area contributed by atoms with E-state index in [2.05, 4.69) is 11.4 Å². The second kappa shape index (κ2) is 10.0. The molecule has 1 amide bonds. The van der Waals surface area contributed by atoms with Crippen LogP contribution in [0.15, 0.2) is 65.3 Å². The van der Waals surface area contributed by atoms with Crippen LogP contribution in [0.2, 0.25) is 0 Å². The number of benzene rings is 2. The minimum absolute atomic E-state index is 0.0935. The summed E-state index contributed by atoms with van der Waals surface area (Å²) >= 11 is 1.45. The molecule has 0 aromatic heterocycles. The topological polar surface area (TPSA) is 71.0 Å². The summed E-state index contributed by atoms with van der Waals surface area (Å²) in [4.78, 5) is 32.2.